The maximum atomic E-state index is 12.4. The molecule has 2 aromatic heterocycles. The minimum Gasteiger partial charge on any atom is -0.493 e. The maximum Gasteiger partial charge on any atom is 0.379 e. The molecule has 0 amide bonds. The van der Waals surface area contributed by atoms with Crippen LogP contribution in [0.4, 0.5) is 0 Å². The smallest absolute Gasteiger partial charge is 0.379 e. The summed E-state index contributed by atoms with van der Waals surface area (Å²) in [5, 5.41) is 17.3. The highest BCUT2D eigenvalue weighted by Gasteiger charge is 2.36. The first kappa shape index (κ1) is 21.9. The van der Waals surface area contributed by atoms with Gasteiger partial charge in [0.05, 0.1) is 30.5 Å². The van der Waals surface area contributed by atoms with Crippen molar-refractivity contribution >= 4 is 5.97 Å². The first-order valence-electron chi connectivity index (χ1n) is 10.7. The van der Waals surface area contributed by atoms with Crippen LogP contribution in [0.15, 0.2) is 76.7 Å². The molecule has 0 saturated heterocycles. The molecule has 1 aliphatic rings. The van der Waals surface area contributed by atoms with Crippen LogP contribution >= 0.6 is 0 Å². The number of nitrogens with one attached hydrogen (secondary N) is 1. The highest BCUT2D eigenvalue weighted by atomic mass is 16.6. The number of hydrogen-bond donors (Lipinski definition) is 2. The fourth-order valence-electron chi connectivity index (χ4n) is 4.01. The van der Waals surface area contributed by atoms with Crippen LogP contribution in [0.2, 0.25) is 0 Å². The molecular formula is C26H20N4O5. The van der Waals surface area contributed by atoms with Gasteiger partial charge in [0.25, 0.3) is 0 Å². The second-order valence-electron chi connectivity index (χ2n) is 7.89. The molecule has 9 heteroatoms. The fourth-order valence-corrected chi connectivity index (χ4v) is 4.01. The van der Waals surface area contributed by atoms with E-state index in [1.165, 1.54) is 19.4 Å². The number of hydrogen-bond acceptors (Lipinski definition) is 8. The van der Waals surface area contributed by atoms with Crippen molar-refractivity contribution in [3.05, 3.63) is 94.8 Å². The molecule has 1 atom stereocenters. The van der Waals surface area contributed by atoms with Gasteiger partial charge in [0.1, 0.15) is 11.6 Å². The van der Waals surface area contributed by atoms with Crippen LogP contribution in [-0.2, 0) is 0 Å². The van der Waals surface area contributed by atoms with Gasteiger partial charge in [-0.3, -0.25) is 5.10 Å². The van der Waals surface area contributed by atoms with E-state index in [0.717, 1.165) is 11.1 Å². The topological polar surface area (TPSA) is 136 Å². The number of nitriles is 1. The Morgan fingerprint density at radius 3 is 2.66 bits per heavy atom. The van der Waals surface area contributed by atoms with Crippen molar-refractivity contribution in [3.63, 3.8) is 0 Å². The number of furan rings is 1. The van der Waals surface area contributed by atoms with Gasteiger partial charge in [-0.1, -0.05) is 35.9 Å². The summed E-state index contributed by atoms with van der Waals surface area (Å²) in [5.74, 6) is -0.435. The number of carbonyl (C=O) groups excluding carboxylic acids is 1. The summed E-state index contributed by atoms with van der Waals surface area (Å²) in [4.78, 5) is 12.4. The number of nitrogens with zero attached hydrogens (tertiary/aromatic N) is 2. The number of fused-ring (bicyclic) bond motifs is 1. The zero-order chi connectivity index (χ0) is 24.5. The Bertz CT molecular complexity index is 1480. The van der Waals surface area contributed by atoms with Crippen molar-refractivity contribution < 1.29 is 23.4 Å². The first-order valence-corrected chi connectivity index (χ1v) is 10.7. The summed E-state index contributed by atoms with van der Waals surface area (Å²) in [6, 6.07) is 18.2. The fraction of sp³-hybridized carbons (Fsp3) is 0.115. The molecule has 174 valence electrons. The Morgan fingerprint density at radius 2 is 1.97 bits per heavy atom. The van der Waals surface area contributed by atoms with Crippen molar-refractivity contribution in [2.75, 3.05) is 7.11 Å². The Hall–Kier alpha value is -4.97. The van der Waals surface area contributed by atoms with Crippen molar-refractivity contribution in [1.29, 1.82) is 5.26 Å². The van der Waals surface area contributed by atoms with Gasteiger partial charge in [-0.05, 0) is 36.8 Å². The second-order valence-corrected chi connectivity index (χ2v) is 7.89. The standard InChI is InChI=1S/C26H20N4O5/c1-14-5-7-15(8-6-14)23-22-21(17(13-27)24(28)35-25(22)30-29-23)16-9-10-18(20(12-16)32-2)34-26(31)19-4-3-11-33-19/h3-12,21H,28H2,1-2H3,(H,29,30)/t21-/m1/s1. The van der Waals surface area contributed by atoms with Crippen molar-refractivity contribution in [2.24, 2.45) is 5.73 Å². The summed E-state index contributed by atoms with van der Waals surface area (Å²) in [7, 11) is 1.46. The number of aromatic amines is 1. The summed E-state index contributed by atoms with van der Waals surface area (Å²) in [6.45, 7) is 2.00. The normalized spacial score (nSPS) is 14.6. The number of allylic oxidation sites excluding steroid dienone is 1. The predicted octanol–water partition coefficient (Wildman–Crippen LogP) is 4.42. The minimum absolute atomic E-state index is 0.0285. The molecule has 2 aromatic carbocycles. The van der Waals surface area contributed by atoms with Crippen LogP contribution in [0.1, 0.15) is 33.2 Å². The summed E-state index contributed by atoms with van der Waals surface area (Å²) in [6.07, 6.45) is 1.39. The highest BCUT2D eigenvalue weighted by molar-refractivity contribution is 5.88. The lowest BCUT2D eigenvalue weighted by atomic mass is 9.83. The Kier molecular flexibility index (Phi) is 5.47. The van der Waals surface area contributed by atoms with Gasteiger partial charge >= 0.3 is 5.97 Å². The van der Waals surface area contributed by atoms with Crippen LogP contribution in [0.5, 0.6) is 17.4 Å². The van der Waals surface area contributed by atoms with Crippen molar-refractivity contribution in [2.45, 2.75) is 12.8 Å². The van der Waals surface area contributed by atoms with Crippen molar-refractivity contribution in [1.82, 2.24) is 10.2 Å². The van der Waals surface area contributed by atoms with E-state index in [2.05, 4.69) is 16.3 Å². The lowest BCUT2D eigenvalue weighted by Gasteiger charge is -2.24. The lowest BCUT2D eigenvalue weighted by Crippen LogP contribution is -2.21. The van der Waals surface area contributed by atoms with E-state index in [-0.39, 0.29) is 28.8 Å². The average molecular weight is 468 g/mol. The molecule has 3 N–H and O–H groups in total. The molecule has 0 unspecified atom stereocenters. The molecule has 1 aliphatic heterocycles. The number of nitrogens with two attached hydrogens (primary N) is 1. The number of rotatable bonds is 5. The quantitative estimate of drug-likeness (QED) is 0.324. The van der Waals surface area contributed by atoms with Gasteiger partial charge in [0.15, 0.2) is 11.5 Å². The first-order chi connectivity index (χ1) is 17.0. The summed E-state index contributed by atoms with van der Waals surface area (Å²) < 4.78 is 21.7. The van der Waals surface area contributed by atoms with Crippen LogP contribution in [0.3, 0.4) is 0 Å². The zero-order valence-corrected chi connectivity index (χ0v) is 18.9. The number of methoxy groups -OCH3 is 1. The number of H-pyrrole nitrogens is 1. The largest absolute Gasteiger partial charge is 0.493 e. The van der Waals surface area contributed by atoms with E-state index in [0.29, 0.717) is 22.6 Å². The number of benzene rings is 2. The summed E-state index contributed by atoms with van der Waals surface area (Å²) in [5.41, 5.74) is 10.4. The molecule has 0 aliphatic carbocycles. The molecule has 0 saturated carbocycles. The molecule has 5 rings (SSSR count). The monoisotopic (exact) mass is 468 g/mol. The number of esters is 1. The number of aryl methyl sites for hydroxylation is 1. The van der Waals surface area contributed by atoms with Crippen LogP contribution in [-0.4, -0.2) is 23.3 Å². The molecular weight excluding hydrogens is 448 g/mol. The zero-order valence-electron chi connectivity index (χ0n) is 18.9. The Morgan fingerprint density at radius 1 is 1.17 bits per heavy atom. The SMILES string of the molecule is COc1cc([C@@H]2C(C#N)=C(N)Oc3n[nH]c(-c4ccc(C)cc4)c32)ccc1OC(=O)c1ccco1. The molecule has 4 aromatic rings. The van der Waals surface area contributed by atoms with Crippen LogP contribution in [0, 0.1) is 18.3 Å². The van der Waals surface area contributed by atoms with Gasteiger partial charge in [-0.15, -0.1) is 5.10 Å². The Balaban J connectivity index is 1.59. The van der Waals surface area contributed by atoms with Gasteiger partial charge in [0, 0.05) is 5.56 Å². The molecule has 0 fully saturated rings. The van der Waals surface area contributed by atoms with Gasteiger partial charge in [-0.2, -0.15) is 5.26 Å². The molecule has 0 spiro atoms. The molecule has 3 heterocycles. The lowest BCUT2D eigenvalue weighted by molar-refractivity contribution is 0.0696. The number of aromatic nitrogens is 2. The van der Waals surface area contributed by atoms with Gasteiger partial charge in [0.2, 0.25) is 17.5 Å². The van der Waals surface area contributed by atoms with Crippen LogP contribution in [0.25, 0.3) is 11.3 Å². The van der Waals surface area contributed by atoms with E-state index in [1.54, 1.807) is 24.3 Å². The third-order valence-electron chi connectivity index (χ3n) is 5.73. The maximum absolute atomic E-state index is 12.4. The molecule has 0 radical (unpaired) electrons. The third-order valence-corrected chi connectivity index (χ3v) is 5.73. The Labute approximate surface area is 200 Å². The minimum atomic E-state index is -0.659. The highest BCUT2D eigenvalue weighted by Crippen LogP contribution is 2.47. The van der Waals surface area contributed by atoms with E-state index >= 15 is 0 Å². The van der Waals surface area contributed by atoms with E-state index in [4.69, 9.17) is 24.4 Å². The van der Waals surface area contributed by atoms with E-state index < -0.39 is 11.9 Å². The molecule has 0 bridgehead atoms. The van der Waals surface area contributed by atoms with Crippen LogP contribution < -0.4 is 19.9 Å². The van der Waals surface area contributed by atoms with E-state index in [9.17, 15) is 10.1 Å². The third kappa shape index (κ3) is 3.87. The van der Waals surface area contributed by atoms with Gasteiger partial charge < -0.3 is 24.4 Å². The van der Waals surface area contributed by atoms with E-state index in [1.807, 2.05) is 31.2 Å². The molecule has 35 heavy (non-hydrogen) atoms. The second kappa shape index (κ2) is 8.76. The average Bonchev–Trinajstić information content (AvgIpc) is 3.54. The number of ether oxygens (including phenoxy) is 3. The van der Waals surface area contributed by atoms with Crippen molar-refractivity contribution in [3.8, 4) is 34.7 Å². The predicted molar refractivity (Wildman–Crippen MR) is 125 cm³/mol. The molecule has 9 nitrogen and oxygen atoms in total. The summed E-state index contributed by atoms with van der Waals surface area (Å²) >= 11 is 0. The van der Waals surface area contributed by atoms with Gasteiger partial charge in [-0.25, -0.2) is 4.79 Å². The number of carbonyl (C=O) groups is 1.